The fourth-order valence-corrected chi connectivity index (χ4v) is 3.82. The maximum Gasteiger partial charge on any atom is 0.243 e. The molecule has 2 rings (SSSR count). The minimum atomic E-state index is -3.87. The van der Waals surface area contributed by atoms with Gasteiger partial charge in [0.2, 0.25) is 10.0 Å². The fraction of sp³-hybridized carbons (Fsp3) is 0.500. The lowest BCUT2D eigenvalue weighted by Crippen LogP contribution is -2.27. The summed E-state index contributed by atoms with van der Waals surface area (Å²) in [5.41, 5.74) is 0. The molecule has 1 saturated heterocycles. The van der Waals surface area contributed by atoms with Crippen molar-refractivity contribution in [3.8, 4) is 0 Å². The minimum Gasteiger partial charge on any atom is -0.316 e. The van der Waals surface area contributed by atoms with Gasteiger partial charge >= 0.3 is 0 Å². The largest absolute Gasteiger partial charge is 0.316 e. The molecule has 1 aliphatic heterocycles. The van der Waals surface area contributed by atoms with Gasteiger partial charge < -0.3 is 5.32 Å². The molecule has 1 unspecified atom stereocenters. The van der Waals surface area contributed by atoms with Gasteiger partial charge in [-0.05, 0) is 59.9 Å². The summed E-state index contributed by atoms with van der Waals surface area (Å²) < 4.78 is 40.6. The Balaban J connectivity index is 2.04. The Labute approximate surface area is 131 Å². The molecular weight excluding hydrogens is 371 g/mol. The molecule has 0 saturated carbocycles. The molecule has 20 heavy (non-hydrogen) atoms. The fourth-order valence-electron chi connectivity index (χ4n) is 2.15. The highest BCUT2D eigenvalue weighted by molar-refractivity contribution is 9.10. The molecule has 0 radical (unpaired) electrons. The van der Waals surface area contributed by atoms with Crippen LogP contribution >= 0.6 is 27.5 Å². The van der Waals surface area contributed by atoms with Gasteiger partial charge in [0.1, 0.15) is 10.7 Å². The lowest BCUT2D eigenvalue weighted by molar-refractivity contribution is 0.515. The minimum absolute atomic E-state index is 0.159. The number of rotatable bonds is 5. The van der Waals surface area contributed by atoms with E-state index in [-0.39, 0.29) is 5.02 Å². The van der Waals surface area contributed by atoms with E-state index in [9.17, 15) is 12.8 Å². The van der Waals surface area contributed by atoms with Crippen LogP contribution in [0.15, 0.2) is 21.5 Å². The number of sulfonamides is 1. The van der Waals surface area contributed by atoms with E-state index < -0.39 is 20.7 Å². The monoisotopic (exact) mass is 384 g/mol. The first kappa shape index (κ1) is 16.2. The summed E-state index contributed by atoms with van der Waals surface area (Å²) in [5, 5.41) is 3.37. The van der Waals surface area contributed by atoms with Crippen molar-refractivity contribution >= 4 is 37.6 Å². The van der Waals surface area contributed by atoms with Crippen molar-refractivity contribution in [2.45, 2.75) is 17.7 Å². The molecule has 1 aromatic carbocycles. The Bertz CT molecular complexity index is 591. The quantitative estimate of drug-likeness (QED) is 0.766. The van der Waals surface area contributed by atoms with Crippen molar-refractivity contribution in [2.75, 3.05) is 19.6 Å². The van der Waals surface area contributed by atoms with E-state index in [1.165, 1.54) is 0 Å². The van der Waals surface area contributed by atoms with Gasteiger partial charge in [0, 0.05) is 11.0 Å². The molecule has 0 bridgehead atoms. The zero-order valence-corrected chi connectivity index (χ0v) is 13.8. The average Bonchev–Trinajstić information content (AvgIpc) is 2.86. The standard InChI is InChI=1S/C12H15BrClFN2O2S/c13-9-5-11(15)12(6-10(9)14)20(18,19)17-4-2-8-1-3-16-7-8/h5-6,8,16-17H,1-4,7H2. The van der Waals surface area contributed by atoms with Gasteiger partial charge in [0.15, 0.2) is 0 Å². The molecule has 2 N–H and O–H groups in total. The first-order valence-electron chi connectivity index (χ1n) is 6.25. The SMILES string of the molecule is O=S(=O)(NCCC1CCNC1)c1cc(Cl)c(Br)cc1F. The molecule has 0 spiro atoms. The maximum absolute atomic E-state index is 13.7. The molecule has 8 heteroatoms. The summed E-state index contributed by atoms with van der Waals surface area (Å²) in [6.07, 6.45) is 1.78. The Morgan fingerprint density at radius 2 is 2.25 bits per heavy atom. The van der Waals surface area contributed by atoms with E-state index in [1.54, 1.807) is 0 Å². The molecule has 1 aromatic rings. The lowest BCUT2D eigenvalue weighted by atomic mass is 10.1. The predicted molar refractivity (Wildman–Crippen MR) is 79.9 cm³/mol. The number of hydrogen-bond donors (Lipinski definition) is 2. The third kappa shape index (κ3) is 3.92. The van der Waals surface area contributed by atoms with Crippen molar-refractivity contribution < 1.29 is 12.8 Å². The van der Waals surface area contributed by atoms with Crippen LogP contribution < -0.4 is 10.0 Å². The Kier molecular flexibility index (Phi) is 5.42. The van der Waals surface area contributed by atoms with Crippen LogP contribution in [0.25, 0.3) is 0 Å². The second-order valence-electron chi connectivity index (χ2n) is 4.74. The first-order valence-corrected chi connectivity index (χ1v) is 8.90. The van der Waals surface area contributed by atoms with Crippen LogP contribution in [0.2, 0.25) is 5.02 Å². The highest BCUT2D eigenvalue weighted by Gasteiger charge is 2.21. The van der Waals surface area contributed by atoms with E-state index in [2.05, 4.69) is 26.0 Å². The van der Waals surface area contributed by atoms with Gasteiger partial charge in [0.25, 0.3) is 0 Å². The molecule has 1 aliphatic rings. The molecule has 1 fully saturated rings. The third-order valence-corrected chi connectivity index (χ3v) is 5.94. The number of nitrogens with one attached hydrogen (secondary N) is 2. The second-order valence-corrected chi connectivity index (χ2v) is 7.74. The molecule has 0 aromatic heterocycles. The summed E-state index contributed by atoms with van der Waals surface area (Å²) in [6, 6.07) is 2.16. The zero-order valence-electron chi connectivity index (χ0n) is 10.6. The number of benzene rings is 1. The highest BCUT2D eigenvalue weighted by atomic mass is 79.9. The van der Waals surface area contributed by atoms with Crippen molar-refractivity contribution in [3.05, 3.63) is 27.4 Å². The molecule has 4 nitrogen and oxygen atoms in total. The molecule has 0 amide bonds. The molecule has 1 atom stereocenters. The molecule has 112 valence electrons. The highest BCUT2D eigenvalue weighted by Crippen LogP contribution is 2.28. The second kappa shape index (κ2) is 6.70. The van der Waals surface area contributed by atoms with Crippen LogP contribution in [0, 0.1) is 11.7 Å². The normalized spacial score (nSPS) is 19.4. The van der Waals surface area contributed by atoms with Crippen molar-refractivity contribution in [3.63, 3.8) is 0 Å². The van der Waals surface area contributed by atoms with E-state index in [0.29, 0.717) is 16.9 Å². The molecule has 0 aliphatic carbocycles. The van der Waals surface area contributed by atoms with Crippen LogP contribution in [0.4, 0.5) is 4.39 Å². The van der Waals surface area contributed by atoms with Crippen LogP contribution in [-0.2, 0) is 10.0 Å². The predicted octanol–water partition coefficient (Wildman–Crippen LogP) is 2.52. The van der Waals surface area contributed by atoms with Crippen LogP contribution in [0.1, 0.15) is 12.8 Å². The van der Waals surface area contributed by atoms with Gasteiger partial charge in [-0.3, -0.25) is 0 Å². The van der Waals surface area contributed by atoms with Crippen LogP contribution in [-0.4, -0.2) is 28.1 Å². The van der Waals surface area contributed by atoms with E-state index in [0.717, 1.165) is 38.1 Å². The topological polar surface area (TPSA) is 58.2 Å². The van der Waals surface area contributed by atoms with Gasteiger partial charge in [0.05, 0.1) is 5.02 Å². The summed E-state index contributed by atoms with van der Waals surface area (Å²) in [6.45, 7) is 2.16. The summed E-state index contributed by atoms with van der Waals surface area (Å²) in [4.78, 5) is -0.421. The first-order chi connectivity index (χ1) is 9.40. The Morgan fingerprint density at radius 1 is 1.50 bits per heavy atom. The Hall–Kier alpha value is -0.210. The van der Waals surface area contributed by atoms with Gasteiger partial charge in [-0.2, -0.15) is 0 Å². The Morgan fingerprint density at radius 3 is 2.90 bits per heavy atom. The molecular formula is C12H15BrClFN2O2S. The van der Waals surface area contributed by atoms with Gasteiger partial charge in [-0.25, -0.2) is 17.5 Å². The third-order valence-electron chi connectivity index (χ3n) is 3.27. The van der Waals surface area contributed by atoms with Gasteiger partial charge in [-0.15, -0.1) is 0 Å². The van der Waals surface area contributed by atoms with Crippen molar-refractivity contribution in [1.29, 1.82) is 0 Å². The van der Waals surface area contributed by atoms with Gasteiger partial charge in [-0.1, -0.05) is 11.6 Å². The number of halogens is 3. The van der Waals surface area contributed by atoms with E-state index in [1.807, 2.05) is 0 Å². The van der Waals surface area contributed by atoms with Crippen LogP contribution in [0.5, 0.6) is 0 Å². The average molecular weight is 386 g/mol. The summed E-state index contributed by atoms with van der Waals surface area (Å²) >= 11 is 8.87. The van der Waals surface area contributed by atoms with E-state index >= 15 is 0 Å². The smallest absolute Gasteiger partial charge is 0.243 e. The van der Waals surface area contributed by atoms with E-state index in [4.69, 9.17) is 11.6 Å². The van der Waals surface area contributed by atoms with Crippen molar-refractivity contribution in [1.82, 2.24) is 10.0 Å². The summed E-state index contributed by atoms with van der Waals surface area (Å²) in [7, 11) is -3.87. The summed E-state index contributed by atoms with van der Waals surface area (Å²) in [5.74, 6) is -0.354. The maximum atomic E-state index is 13.7. The molecule has 1 heterocycles. The van der Waals surface area contributed by atoms with Crippen molar-refractivity contribution in [2.24, 2.45) is 5.92 Å². The van der Waals surface area contributed by atoms with Crippen LogP contribution in [0.3, 0.4) is 0 Å². The zero-order chi connectivity index (χ0) is 14.8. The lowest BCUT2D eigenvalue weighted by Gasteiger charge is -2.11. The number of hydrogen-bond acceptors (Lipinski definition) is 3.